The standard InChI is InChI=1S/C13H18BrN/c1-13(2,15)8-9-6-10-4-3-5-11(10)12(14)7-9/h6-7H,3-5,8,15H2,1-2H3. The Hall–Kier alpha value is -0.340. The van der Waals surface area contributed by atoms with E-state index >= 15 is 0 Å². The van der Waals surface area contributed by atoms with E-state index in [2.05, 4.69) is 41.9 Å². The normalized spacial score (nSPS) is 15.5. The minimum Gasteiger partial charge on any atom is -0.325 e. The second-order valence-electron chi connectivity index (χ2n) is 5.23. The topological polar surface area (TPSA) is 26.0 Å². The van der Waals surface area contributed by atoms with Crippen LogP contribution in [0.25, 0.3) is 0 Å². The van der Waals surface area contributed by atoms with Gasteiger partial charge in [-0.2, -0.15) is 0 Å². The fourth-order valence-corrected chi connectivity index (χ4v) is 3.09. The molecule has 1 aromatic carbocycles. The molecule has 0 atom stereocenters. The average molecular weight is 268 g/mol. The third-order valence-corrected chi connectivity index (χ3v) is 3.59. The van der Waals surface area contributed by atoms with Crippen molar-refractivity contribution in [2.75, 3.05) is 0 Å². The number of rotatable bonds is 2. The molecule has 15 heavy (non-hydrogen) atoms. The van der Waals surface area contributed by atoms with E-state index in [1.807, 2.05) is 0 Å². The zero-order valence-electron chi connectivity index (χ0n) is 9.44. The van der Waals surface area contributed by atoms with Gasteiger partial charge in [0, 0.05) is 10.0 Å². The third-order valence-electron chi connectivity index (χ3n) is 2.88. The first-order valence-corrected chi connectivity index (χ1v) is 6.34. The lowest BCUT2D eigenvalue weighted by Crippen LogP contribution is -2.34. The van der Waals surface area contributed by atoms with Gasteiger partial charge in [0.15, 0.2) is 0 Å². The molecule has 0 unspecified atom stereocenters. The molecule has 0 heterocycles. The predicted molar refractivity (Wildman–Crippen MR) is 68.1 cm³/mol. The molecule has 1 aliphatic carbocycles. The van der Waals surface area contributed by atoms with E-state index < -0.39 is 0 Å². The second kappa shape index (κ2) is 3.91. The Bertz CT molecular complexity index is 377. The molecule has 0 saturated heterocycles. The molecule has 1 aromatic rings. The van der Waals surface area contributed by atoms with Gasteiger partial charge in [-0.3, -0.25) is 0 Å². The molecule has 0 aromatic heterocycles. The predicted octanol–water partition coefficient (Wildman–Crippen LogP) is 3.22. The monoisotopic (exact) mass is 267 g/mol. The van der Waals surface area contributed by atoms with Gasteiger partial charge in [0.25, 0.3) is 0 Å². The summed E-state index contributed by atoms with van der Waals surface area (Å²) in [5.74, 6) is 0. The Morgan fingerprint density at radius 1 is 1.33 bits per heavy atom. The van der Waals surface area contributed by atoms with Crippen LogP contribution >= 0.6 is 15.9 Å². The van der Waals surface area contributed by atoms with Crippen LogP contribution in [-0.4, -0.2) is 5.54 Å². The molecule has 2 N–H and O–H groups in total. The zero-order chi connectivity index (χ0) is 11.1. The lowest BCUT2D eigenvalue weighted by molar-refractivity contribution is 0.516. The van der Waals surface area contributed by atoms with Gasteiger partial charge >= 0.3 is 0 Å². The van der Waals surface area contributed by atoms with Gasteiger partial charge in [-0.15, -0.1) is 0 Å². The Morgan fingerprint density at radius 2 is 2.07 bits per heavy atom. The largest absolute Gasteiger partial charge is 0.325 e. The lowest BCUT2D eigenvalue weighted by atomic mass is 9.94. The smallest absolute Gasteiger partial charge is 0.0212 e. The summed E-state index contributed by atoms with van der Waals surface area (Å²) in [6.45, 7) is 4.16. The van der Waals surface area contributed by atoms with Gasteiger partial charge in [0.2, 0.25) is 0 Å². The molecule has 0 aliphatic heterocycles. The van der Waals surface area contributed by atoms with Crippen molar-refractivity contribution in [3.63, 3.8) is 0 Å². The van der Waals surface area contributed by atoms with Crippen molar-refractivity contribution in [2.24, 2.45) is 5.73 Å². The van der Waals surface area contributed by atoms with Crippen LogP contribution in [-0.2, 0) is 19.3 Å². The number of hydrogen-bond donors (Lipinski definition) is 1. The maximum Gasteiger partial charge on any atom is 0.0212 e. The van der Waals surface area contributed by atoms with Crippen LogP contribution in [0.4, 0.5) is 0 Å². The van der Waals surface area contributed by atoms with Crippen LogP contribution in [0.3, 0.4) is 0 Å². The molecule has 0 fully saturated rings. The quantitative estimate of drug-likeness (QED) is 0.875. The highest BCUT2D eigenvalue weighted by molar-refractivity contribution is 9.10. The van der Waals surface area contributed by atoms with Crippen LogP contribution in [0, 0.1) is 0 Å². The van der Waals surface area contributed by atoms with Crippen LogP contribution in [0.15, 0.2) is 16.6 Å². The first-order valence-electron chi connectivity index (χ1n) is 5.55. The molecule has 0 saturated carbocycles. The molecule has 82 valence electrons. The molecule has 0 radical (unpaired) electrons. The van der Waals surface area contributed by atoms with Crippen molar-refractivity contribution >= 4 is 15.9 Å². The summed E-state index contributed by atoms with van der Waals surface area (Å²) in [5.41, 5.74) is 10.3. The van der Waals surface area contributed by atoms with E-state index in [0.717, 1.165) is 6.42 Å². The van der Waals surface area contributed by atoms with E-state index in [9.17, 15) is 0 Å². The highest BCUT2D eigenvalue weighted by Gasteiger charge is 2.17. The van der Waals surface area contributed by atoms with Gasteiger partial charge in [-0.1, -0.05) is 22.0 Å². The molecular weight excluding hydrogens is 250 g/mol. The Balaban J connectivity index is 2.32. The maximum absolute atomic E-state index is 6.05. The summed E-state index contributed by atoms with van der Waals surface area (Å²) < 4.78 is 1.27. The Morgan fingerprint density at radius 3 is 2.73 bits per heavy atom. The number of nitrogens with two attached hydrogens (primary N) is 1. The summed E-state index contributed by atoms with van der Waals surface area (Å²) in [7, 11) is 0. The second-order valence-corrected chi connectivity index (χ2v) is 6.09. The maximum atomic E-state index is 6.05. The van der Waals surface area contributed by atoms with E-state index in [1.165, 1.54) is 40.4 Å². The minimum atomic E-state index is -0.119. The molecule has 2 rings (SSSR count). The van der Waals surface area contributed by atoms with Crippen LogP contribution in [0.5, 0.6) is 0 Å². The molecule has 1 aliphatic rings. The van der Waals surface area contributed by atoms with E-state index in [-0.39, 0.29) is 5.54 Å². The molecule has 0 spiro atoms. The molecule has 1 nitrogen and oxygen atoms in total. The number of fused-ring (bicyclic) bond motifs is 1. The van der Waals surface area contributed by atoms with Gasteiger partial charge < -0.3 is 5.73 Å². The number of halogens is 1. The summed E-state index contributed by atoms with van der Waals surface area (Å²) in [6.07, 6.45) is 4.69. The fourth-order valence-electron chi connectivity index (χ4n) is 2.34. The Kier molecular flexibility index (Phi) is 2.91. The lowest BCUT2D eigenvalue weighted by Gasteiger charge is -2.19. The highest BCUT2D eigenvalue weighted by atomic mass is 79.9. The summed E-state index contributed by atoms with van der Waals surface area (Å²) in [5, 5.41) is 0. The van der Waals surface area contributed by atoms with Crippen LogP contribution in [0.2, 0.25) is 0 Å². The fraction of sp³-hybridized carbons (Fsp3) is 0.538. The summed E-state index contributed by atoms with van der Waals surface area (Å²) in [6, 6.07) is 4.57. The number of aryl methyl sites for hydroxylation is 1. The minimum absolute atomic E-state index is 0.119. The van der Waals surface area contributed by atoms with Crippen LogP contribution in [0.1, 0.15) is 37.0 Å². The van der Waals surface area contributed by atoms with Gasteiger partial charge in [0.05, 0.1) is 0 Å². The van der Waals surface area contributed by atoms with Crippen molar-refractivity contribution in [3.05, 3.63) is 33.3 Å². The van der Waals surface area contributed by atoms with E-state index in [1.54, 1.807) is 0 Å². The van der Waals surface area contributed by atoms with Crippen LogP contribution < -0.4 is 5.73 Å². The first kappa shape index (κ1) is 11.2. The van der Waals surface area contributed by atoms with Crippen molar-refractivity contribution in [1.82, 2.24) is 0 Å². The van der Waals surface area contributed by atoms with Gasteiger partial charge in [-0.05, 0) is 62.3 Å². The number of hydrogen-bond acceptors (Lipinski definition) is 1. The van der Waals surface area contributed by atoms with Crippen molar-refractivity contribution < 1.29 is 0 Å². The summed E-state index contributed by atoms with van der Waals surface area (Å²) in [4.78, 5) is 0. The molecule has 0 bridgehead atoms. The highest BCUT2D eigenvalue weighted by Crippen LogP contribution is 2.31. The van der Waals surface area contributed by atoms with E-state index in [4.69, 9.17) is 5.73 Å². The summed E-state index contributed by atoms with van der Waals surface area (Å²) >= 11 is 3.66. The first-order chi connectivity index (χ1) is 6.96. The zero-order valence-corrected chi connectivity index (χ0v) is 11.0. The van der Waals surface area contributed by atoms with E-state index in [0.29, 0.717) is 0 Å². The van der Waals surface area contributed by atoms with Gasteiger partial charge in [0.1, 0.15) is 0 Å². The molecule has 2 heteroatoms. The van der Waals surface area contributed by atoms with Crippen molar-refractivity contribution in [3.8, 4) is 0 Å². The SMILES string of the molecule is CC(C)(N)Cc1cc(Br)c2c(c1)CCC2. The van der Waals surface area contributed by atoms with Crippen molar-refractivity contribution in [2.45, 2.75) is 45.1 Å². The van der Waals surface area contributed by atoms with Gasteiger partial charge in [-0.25, -0.2) is 0 Å². The Labute approximate surface area is 100 Å². The number of benzene rings is 1. The van der Waals surface area contributed by atoms with Crippen molar-refractivity contribution in [1.29, 1.82) is 0 Å². The third kappa shape index (κ3) is 2.61. The molecular formula is C13H18BrN. The average Bonchev–Trinajstić information content (AvgIpc) is 2.48. The molecule has 0 amide bonds.